The van der Waals surface area contributed by atoms with E-state index in [1.54, 1.807) is 16.2 Å². The highest BCUT2D eigenvalue weighted by Gasteiger charge is 2.42. The number of aliphatic carboxylic acids is 1. The minimum absolute atomic E-state index is 0.224. The Morgan fingerprint density at radius 3 is 2.21 bits per heavy atom. The molecule has 3 aromatic carbocycles. The molecule has 7 heterocycles. The van der Waals surface area contributed by atoms with Crippen molar-refractivity contribution in [1.29, 1.82) is 5.26 Å². The van der Waals surface area contributed by atoms with E-state index in [4.69, 9.17) is 47.6 Å². The summed E-state index contributed by atoms with van der Waals surface area (Å²) in [7, 11) is 1.78. The molecule has 0 saturated carbocycles. The number of alkyl halides is 4. The summed E-state index contributed by atoms with van der Waals surface area (Å²) in [5, 5.41) is 19.7. The summed E-state index contributed by atoms with van der Waals surface area (Å²) in [6.45, 7) is 14.1. The predicted octanol–water partition coefficient (Wildman–Crippen LogP) is 7.82. The molecule has 2 N–H and O–H groups in total. The highest BCUT2D eigenvalue weighted by atomic mass is 35.5. The first kappa shape index (κ1) is 56.5. The zero-order chi connectivity index (χ0) is 55.5. The van der Waals surface area contributed by atoms with E-state index < -0.39 is 29.5 Å². The molecule has 5 aromatic rings. The number of nitriles is 1. The average molecular weight is 1120 g/mol. The van der Waals surface area contributed by atoms with Crippen LogP contribution in [0, 0.1) is 16.7 Å². The van der Waals surface area contributed by atoms with Crippen molar-refractivity contribution in [1.82, 2.24) is 39.1 Å². The minimum atomic E-state index is -5.08. The number of aryl methyl sites for hydroxylation is 1. The van der Waals surface area contributed by atoms with Crippen LogP contribution in [0.4, 0.5) is 19.1 Å². The SMILES string of the molecule is Cn1c(=O)n(C2CCC(=O)NC2=O)c2cccc(CN3CC(N4CCC(N5CCC6(CCN(c7nccc(COc8ccc(C(C)(C)c9cc(Cl)c(OCCCl)c(C#N)c9)cc8)n7)CC6)CC5)CC4)C3)c21.O=C(O)C(F)(F)F. The van der Waals surface area contributed by atoms with Crippen LogP contribution in [0.3, 0.4) is 0 Å². The van der Waals surface area contributed by atoms with E-state index in [0.29, 0.717) is 52.7 Å². The van der Waals surface area contributed by atoms with Crippen molar-refractivity contribution in [2.45, 2.75) is 108 Å². The largest absolute Gasteiger partial charge is 0.490 e. The molecule has 5 aliphatic heterocycles. The molecule has 17 nitrogen and oxygen atoms in total. The Hall–Kier alpha value is -6.24. The molecule has 2 aromatic heterocycles. The number of hydrogen-bond donors (Lipinski definition) is 2. The highest BCUT2D eigenvalue weighted by Crippen LogP contribution is 2.43. The lowest BCUT2D eigenvalue weighted by Crippen LogP contribution is -2.61. The number of imidazole rings is 1. The molecule has 0 radical (unpaired) electrons. The second-order valence-corrected chi connectivity index (χ2v) is 22.5. The summed E-state index contributed by atoms with van der Waals surface area (Å²) in [5.74, 6) is -1.27. The van der Waals surface area contributed by atoms with Crippen molar-refractivity contribution in [2.24, 2.45) is 12.5 Å². The molecule has 0 bridgehead atoms. The average Bonchev–Trinajstić information content (AvgIpc) is 3.84. The predicted molar refractivity (Wildman–Crippen MR) is 288 cm³/mol. The number of carbonyl (C=O) groups is 3. The van der Waals surface area contributed by atoms with Crippen molar-refractivity contribution < 1.29 is 42.1 Å². The molecule has 416 valence electrons. The molecule has 5 fully saturated rings. The molecule has 1 unspecified atom stereocenters. The molecule has 1 spiro atoms. The van der Waals surface area contributed by atoms with Crippen LogP contribution in [0.2, 0.25) is 5.02 Å². The smallest absolute Gasteiger partial charge is 0.489 e. The van der Waals surface area contributed by atoms with E-state index in [0.717, 1.165) is 104 Å². The normalized spacial score (nSPS) is 19.9. The zero-order valence-electron chi connectivity index (χ0n) is 44.0. The van der Waals surface area contributed by atoms with Gasteiger partial charge in [-0.15, -0.1) is 11.6 Å². The lowest BCUT2D eigenvalue weighted by molar-refractivity contribution is -0.192. The standard InChI is InChI=1S/C54H64Cl2N10O5.C2HF3O2/c1-53(2,39-29-37(31-57)49(44(56)30-39)70-28-20-55)38-7-9-43(10-8-38)71-35-40-13-21-58-51(59-40)65-26-18-54(19-27-65)16-24-64(25-17-54)41-14-22-63(23-15-41)42-33-62(34-42)32-36-5-4-6-45-48(36)61(3)52(69)66(45)46-11-12-47(67)60-50(46)68;3-2(4,5)1(6)7/h4-10,13,21,29-30,41-42,46H,11-12,14-20,22-28,32-35H2,1-3H3,(H,60,67,68);(H,6,7). The van der Waals surface area contributed by atoms with Gasteiger partial charge in [0.1, 0.15) is 31.1 Å². The summed E-state index contributed by atoms with van der Waals surface area (Å²) < 4.78 is 46.9. The Bertz CT molecular complexity index is 3090. The number of amides is 2. The Morgan fingerprint density at radius 1 is 0.897 bits per heavy atom. The molecule has 5 aliphatic rings. The van der Waals surface area contributed by atoms with Gasteiger partial charge >= 0.3 is 17.8 Å². The van der Waals surface area contributed by atoms with Crippen LogP contribution in [-0.4, -0.2) is 140 Å². The number of aromatic nitrogens is 4. The summed E-state index contributed by atoms with van der Waals surface area (Å²) in [4.78, 5) is 66.8. The summed E-state index contributed by atoms with van der Waals surface area (Å²) in [5.41, 5.74) is 5.61. The number of carboxylic acids is 1. The molecule has 78 heavy (non-hydrogen) atoms. The van der Waals surface area contributed by atoms with Gasteiger partial charge in [0.2, 0.25) is 17.8 Å². The number of nitrogens with one attached hydrogen (secondary N) is 1. The molecule has 2 amide bonds. The quantitative estimate of drug-likeness (QED) is 0.0808. The molecule has 1 atom stereocenters. The van der Waals surface area contributed by atoms with Gasteiger partial charge in [-0.1, -0.05) is 49.7 Å². The number of fused-ring (bicyclic) bond motifs is 1. The Labute approximate surface area is 460 Å². The summed E-state index contributed by atoms with van der Waals surface area (Å²) in [6, 6.07) is 22.4. The first-order chi connectivity index (χ1) is 37.3. The fourth-order valence-corrected chi connectivity index (χ4v) is 12.3. The fourth-order valence-electron chi connectivity index (χ4n) is 11.9. The number of benzene rings is 3. The van der Waals surface area contributed by atoms with Crippen LogP contribution in [-0.2, 0) is 40.0 Å². The molecular formula is C56H65Cl2F3N10O7. The summed E-state index contributed by atoms with van der Waals surface area (Å²) >= 11 is 12.4. The Morgan fingerprint density at radius 2 is 1.56 bits per heavy atom. The van der Waals surface area contributed by atoms with Crippen LogP contribution >= 0.6 is 23.2 Å². The lowest BCUT2D eigenvalue weighted by Gasteiger charge is -2.51. The number of halogens is 5. The lowest BCUT2D eigenvalue weighted by atomic mass is 9.71. The van der Waals surface area contributed by atoms with Crippen LogP contribution in [0.1, 0.15) is 99.2 Å². The van der Waals surface area contributed by atoms with Crippen molar-refractivity contribution in [3.63, 3.8) is 0 Å². The molecular weight excluding hydrogens is 1050 g/mol. The number of imide groups is 1. The van der Waals surface area contributed by atoms with Crippen LogP contribution < -0.4 is 25.4 Å². The van der Waals surface area contributed by atoms with Crippen molar-refractivity contribution in [3.8, 4) is 17.6 Å². The zero-order valence-corrected chi connectivity index (χ0v) is 45.5. The first-order valence-electron chi connectivity index (χ1n) is 26.5. The maximum absolute atomic E-state index is 13.4. The van der Waals surface area contributed by atoms with E-state index in [2.05, 4.69) is 55.9 Å². The maximum Gasteiger partial charge on any atom is 0.490 e. The number of rotatable bonds is 14. The second kappa shape index (κ2) is 23.6. The number of para-hydroxylation sites is 1. The Balaban J connectivity index is 0.000000990. The van der Waals surface area contributed by atoms with Gasteiger partial charge in [0.15, 0.2) is 5.75 Å². The van der Waals surface area contributed by atoms with Gasteiger partial charge in [0.05, 0.1) is 33.2 Å². The van der Waals surface area contributed by atoms with Gasteiger partial charge in [-0.3, -0.25) is 33.8 Å². The van der Waals surface area contributed by atoms with Crippen LogP contribution in [0.15, 0.2) is 71.7 Å². The van der Waals surface area contributed by atoms with Crippen molar-refractivity contribution in [3.05, 3.63) is 110 Å². The molecule has 10 rings (SSSR count). The second-order valence-electron chi connectivity index (χ2n) is 21.7. The first-order valence-corrected chi connectivity index (χ1v) is 27.4. The van der Waals surface area contributed by atoms with Crippen molar-refractivity contribution >= 4 is 58.0 Å². The van der Waals surface area contributed by atoms with E-state index in [-0.39, 0.29) is 24.6 Å². The highest BCUT2D eigenvalue weighted by molar-refractivity contribution is 6.32. The Kier molecular flexibility index (Phi) is 17.1. The van der Waals surface area contributed by atoms with Gasteiger partial charge in [-0.2, -0.15) is 18.4 Å². The van der Waals surface area contributed by atoms with E-state index in [1.807, 2.05) is 60.8 Å². The number of hydrogen-bond acceptors (Lipinski definition) is 13. The third kappa shape index (κ3) is 12.3. The topological polar surface area (TPSA) is 191 Å². The van der Waals surface area contributed by atoms with E-state index in [9.17, 15) is 32.8 Å². The number of piperidine rings is 4. The third-order valence-corrected chi connectivity index (χ3v) is 17.1. The third-order valence-electron chi connectivity index (χ3n) is 16.7. The number of anilines is 1. The molecule has 0 aliphatic carbocycles. The van der Waals surface area contributed by atoms with Gasteiger partial charge in [0, 0.05) is 83.0 Å². The van der Waals surface area contributed by atoms with Gasteiger partial charge < -0.3 is 24.4 Å². The van der Waals surface area contributed by atoms with E-state index in [1.165, 1.54) is 38.8 Å². The number of carbonyl (C=O) groups excluding carboxylic acids is 2. The number of likely N-dealkylation sites (tertiary alicyclic amines) is 3. The molecule has 22 heteroatoms. The van der Waals surface area contributed by atoms with Gasteiger partial charge in [0.25, 0.3) is 0 Å². The summed E-state index contributed by atoms with van der Waals surface area (Å²) in [6.07, 6.45) is 4.59. The van der Waals surface area contributed by atoms with Crippen LogP contribution in [0.25, 0.3) is 11.0 Å². The van der Waals surface area contributed by atoms with Gasteiger partial charge in [-0.05, 0) is 117 Å². The van der Waals surface area contributed by atoms with Crippen LogP contribution in [0.5, 0.6) is 11.5 Å². The monoisotopic (exact) mass is 1120 g/mol. The van der Waals surface area contributed by atoms with Crippen molar-refractivity contribution in [2.75, 3.05) is 69.7 Å². The fraction of sp³-hybridized carbons (Fsp3) is 0.518. The maximum atomic E-state index is 13.4. The number of carboxylic acid groups (broad SMARTS) is 1. The minimum Gasteiger partial charge on any atom is -0.489 e. The molecule has 5 saturated heterocycles. The van der Waals surface area contributed by atoms with Gasteiger partial charge in [-0.25, -0.2) is 19.6 Å². The number of nitrogens with zero attached hydrogens (tertiary/aromatic N) is 9. The van der Waals surface area contributed by atoms with E-state index >= 15 is 0 Å². The number of ether oxygens (including phenoxy) is 2.